The van der Waals surface area contributed by atoms with E-state index in [4.69, 9.17) is 13.9 Å². The van der Waals surface area contributed by atoms with E-state index < -0.39 is 14.4 Å². The summed E-state index contributed by atoms with van der Waals surface area (Å²) in [6, 6.07) is 0. The van der Waals surface area contributed by atoms with Gasteiger partial charge in [0.05, 0.1) is 25.4 Å². The third-order valence-corrected chi connectivity index (χ3v) is 11.1. The van der Waals surface area contributed by atoms with Crippen LogP contribution in [0.3, 0.4) is 0 Å². The van der Waals surface area contributed by atoms with E-state index in [1.54, 1.807) is 7.11 Å². The van der Waals surface area contributed by atoms with Crippen molar-refractivity contribution < 1.29 is 24.1 Å². The number of hydrogen-bond donors (Lipinski definition) is 2. The van der Waals surface area contributed by atoms with Gasteiger partial charge in [0, 0.05) is 18.9 Å². The summed E-state index contributed by atoms with van der Waals surface area (Å²) in [5, 5.41) is 20.6. The zero-order chi connectivity index (χ0) is 24.4. The Morgan fingerprint density at radius 1 is 1.06 bits per heavy atom. The molecule has 0 amide bonds. The van der Waals surface area contributed by atoms with E-state index in [9.17, 15) is 10.2 Å². The van der Waals surface area contributed by atoms with Crippen LogP contribution in [0.25, 0.3) is 0 Å². The molecule has 0 rings (SSSR count). The second-order valence-electron chi connectivity index (χ2n) is 10.7. The molecule has 0 aromatic heterocycles. The van der Waals surface area contributed by atoms with Gasteiger partial charge in [0.15, 0.2) is 8.32 Å². The quantitative estimate of drug-likeness (QED) is 0.155. The van der Waals surface area contributed by atoms with Gasteiger partial charge in [-0.3, -0.25) is 0 Å². The molecule has 0 aromatic carbocycles. The summed E-state index contributed by atoms with van der Waals surface area (Å²) in [5.74, 6) is 0.144. The van der Waals surface area contributed by atoms with E-state index in [0.29, 0.717) is 13.4 Å². The van der Waals surface area contributed by atoms with Crippen molar-refractivity contribution in [3.8, 4) is 0 Å². The van der Waals surface area contributed by atoms with Crippen LogP contribution < -0.4 is 0 Å². The Morgan fingerprint density at radius 2 is 1.65 bits per heavy atom. The van der Waals surface area contributed by atoms with E-state index in [1.165, 1.54) is 5.57 Å². The molecule has 0 saturated heterocycles. The first kappa shape index (κ1) is 30.5. The average molecular weight is 459 g/mol. The summed E-state index contributed by atoms with van der Waals surface area (Å²) in [6.07, 6.45) is 4.33. The van der Waals surface area contributed by atoms with Crippen LogP contribution in [0.15, 0.2) is 23.3 Å². The van der Waals surface area contributed by atoms with Gasteiger partial charge in [0.25, 0.3) is 0 Å². The van der Waals surface area contributed by atoms with E-state index in [0.717, 1.165) is 12.0 Å². The fourth-order valence-electron chi connectivity index (χ4n) is 3.57. The fourth-order valence-corrected chi connectivity index (χ4v) is 5.05. The zero-order valence-electron chi connectivity index (χ0n) is 22.0. The van der Waals surface area contributed by atoms with Crippen molar-refractivity contribution in [2.45, 2.75) is 92.2 Å². The highest BCUT2D eigenvalue weighted by Crippen LogP contribution is 2.40. The Hall–Kier alpha value is -0.503. The van der Waals surface area contributed by atoms with Crippen LogP contribution in [0, 0.1) is 17.8 Å². The molecule has 0 spiro atoms. The summed E-state index contributed by atoms with van der Waals surface area (Å²) in [6.45, 7) is 22.4. The van der Waals surface area contributed by atoms with E-state index in [-0.39, 0.29) is 35.5 Å². The van der Waals surface area contributed by atoms with Gasteiger partial charge in [-0.05, 0) is 44.3 Å². The highest BCUT2D eigenvalue weighted by atomic mass is 28.4. The fraction of sp³-hybridized carbons (Fsp3) is 0.840. The molecule has 0 aliphatic rings. The van der Waals surface area contributed by atoms with E-state index in [1.807, 2.05) is 19.9 Å². The van der Waals surface area contributed by atoms with Gasteiger partial charge in [0.2, 0.25) is 0 Å². The molecule has 0 heterocycles. The van der Waals surface area contributed by atoms with Crippen molar-refractivity contribution >= 4 is 8.32 Å². The molecule has 0 unspecified atom stereocenters. The number of ether oxygens (including phenoxy) is 2. The van der Waals surface area contributed by atoms with Gasteiger partial charge in [-0.2, -0.15) is 0 Å². The third-order valence-electron chi connectivity index (χ3n) is 6.58. The number of aliphatic hydroxyl groups is 2. The zero-order valence-corrected chi connectivity index (χ0v) is 23.0. The molecular weight excluding hydrogens is 408 g/mol. The Balaban J connectivity index is 5.63. The minimum Gasteiger partial charge on any atom is -0.413 e. The van der Waals surface area contributed by atoms with Crippen LogP contribution >= 0.6 is 0 Å². The van der Waals surface area contributed by atoms with Gasteiger partial charge >= 0.3 is 0 Å². The first-order valence-electron chi connectivity index (χ1n) is 11.5. The second kappa shape index (κ2) is 13.9. The number of hydrogen-bond acceptors (Lipinski definition) is 5. The summed E-state index contributed by atoms with van der Waals surface area (Å²) in [4.78, 5) is 0. The Bertz CT molecular complexity index is 565. The minimum absolute atomic E-state index is 0.0148. The van der Waals surface area contributed by atoms with Crippen molar-refractivity contribution in [2.24, 2.45) is 17.8 Å². The maximum atomic E-state index is 11.1. The minimum atomic E-state index is -2.03. The van der Waals surface area contributed by atoms with Crippen molar-refractivity contribution in [1.29, 1.82) is 0 Å². The summed E-state index contributed by atoms with van der Waals surface area (Å²) >= 11 is 0. The Labute approximate surface area is 193 Å². The van der Waals surface area contributed by atoms with Gasteiger partial charge in [0.1, 0.15) is 6.79 Å². The number of rotatable bonds is 14. The SMILES string of the molecule is COCOC/C=C(\C)C[C@H](C)[C@@H](O[Si](C)(C)C(C)(C)C)[C@H](C)[C@@H](O)[C@H](C)/C=C(\C)CO. The predicted molar refractivity (Wildman–Crippen MR) is 133 cm³/mol. The molecule has 0 bridgehead atoms. The van der Waals surface area contributed by atoms with E-state index >= 15 is 0 Å². The molecule has 31 heavy (non-hydrogen) atoms. The maximum absolute atomic E-state index is 11.1. The summed E-state index contributed by atoms with van der Waals surface area (Å²) < 4.78 is 17.2. The third kappa shape index (κ3) is 10.8. The van der Waals surface area contributed by atoms with Gasteiger partial charge < -0.3 is 24.1 Å². The van der Waals surface area contributed by atoms with Crippen LogP contribution in [0.1, 0.15) is 61.8 Å². The Kier molecular flexibility index (Phi) is 13.7. The monoisotopic (exact) mass is 458 g/mol. The first-order chi connectivity index (χ1) is 14.2. The topological polar surface area (TPSA) is 68.2 Å². The highest BCUT2D eigenvalue weighted by Gasteiger charge is 2.42. The van der Waals surface area contributed by atoms with Crippen LogP contribution in [0.5, 0.6) is 0 Å². The maximum Gasteiger partial charge on any atom is 0.192 e. The molecule has 0 aromatic rings. The summed E-state index contributed by atoms with van der Waals surface area (Å²) in [5.41, 5.74) is 2.13. The molecule has 0 aliphatic carbocycles. The first-order valence-corrected chi connectivity index (χ1v) is 14.4. The van der Waals surface area contributed by atoms with Crippen molar-refractivity contribution in [3.63, 3.8) is 0 Å². The standard InChI is InChI=1S/C25H50O5Si/c1-18(12-13-29-17-28-9)14-21(4)24(30-31(10,11)25(6,7)8)22(5)23(27)20(3)15-19(2)16-26/h12,15,20-24,26-27H,13-14,16-17H2,1-11H3/b18-12+,19-15+/t20-,21+,22-,23+,24-/m1/s1. The van der Waals surface area contributed by atoms with E-state index in [2.05, 4.69) is 60.7 Å². The number of aliphatic hydroxyl groups excluding tert-OH is 2. The summed E-state index contributed by atoms with van der Waals surface area (Å²) in [7, 11) is -0.410. The number of methoxy groups -OCH3 is 1. The van der Waals surface area contributed by atoms with Crippen LogP contribution in [-0.4, -0.2) is 57.9 Å². The molecular formula is C25H50O5Si. The lowest BCUT2D eigenvalue weighted by atomic mass is 9.82. The molecule has 0 radical (unpaired) electrons. The number of allylic oxidation sites excluding steroid dienone is 1. The predicted octanol–water partition coefficient (Wildman–Crippen LogP) is 5.54. The smallest absolute Gasteiger partial charge is 0.192 e. The van der Waals surface area contributed by atoms with Crippen LogP contribution in [0.4, 0.5) is 0 Å². The second-order valence-corrected chi connectivity index (χ2v) is 15.5. The normalized spacial score (nSPS) is 19.1. The van der Waals surface area contributed by atoms with Crippen molar-refractivity contribution in [2.75, 3.05) is 27.1 Å². The van der Waals surface area contributed by atoms with Crippen molar-refractivity contribution in [3.05, 3.63) is 23.3 Å². The van der Waals surface area contributed by atoms with Crippen molar-refractivity contribution in [1.82, 2.24) is 0 Å². The lowest BCUT2D eigenvalue weighted by molar-refractivity contribution is -0.0194. The lowest BCUT2D eigenvalue weighted by Crippen LogP contribution is -2.49. The molecule has 2 N–H and O–H groups in total. The van der Waals surface area contributed by atoms with Gasteiger partial charge in [-0.15, -0.1) is 0 Å². The van der Waals surface area contributed by atoms with Crippen LogP contribution in [0.2, 0.25) is 18.1 Å². The van der Waals surface area contributed by atoms with Gasteiger partial charge in [-0.1, -0.05) is 64.8 Å². The molecule has 6 heteroatoms. The molecule has 184 valence electrons. The molecule has 5 atom stereocenters. The molecule has 5 nitrogen and oxygen atoms in total. The molecule has 0 aliphatic heterocycles. The molecule has 0 saturated carbocycles. The molecule has 0 fully saturated rings. The lowest BCUT2D eigenvalue weighted by Gasteiger charge is -2.44. The highest BCUT2D eigenvalue weighted by molar-refractivity contribution is 6.74. The average Bonchev–Trinajstić information content (AvgIpc) is 2.67. The largest absolute Gasteiger partial charge is 0.413 e. The van der Waals surface area contributed by atoms with Gasteiger partial charge in [-0.25, -0.2) is 0 Å². The Morgan fingerprint density at radius 3 is 2.13 bits per heavy atom. The van der Waals surface area contributed by atoms with Crippen LogP contribution in [-0.2, 0) is 13.9 Å².